The van der Waals surface area contributed by atoms with E-state index in [2.05, 4.69) is 22.4 Å². The minimum Gasteiger partial charge on any atom is -0.375 e. The van der Waals surface area contributed by atoms with Crippen molar-refractivity contribution in [2.75, 3.05) is 0 Å². The SMILES string of the molecule is C=CC(O)NCc1cnn(-c2cc(C)cc(C(=O)NNS(=O)(=O)c3ccccc3F)c2)c1. The zero-order valence-corrected chi connectivity index (χ0v) is 17.9. The van der Waals surface area contributed by atoms with E-state index in [0.29, 0.717) is 12.2 Å². The second-order valence-electron chi connectivity index (χ2n) is 6.90. The minimum absolute atomic E-state index is 0.175. The normalized spacial score (nSPS) is 12.3. The average molecular weight is 460 g/mol. The van der Waals surface area contributed by atoms with Crippen molar-refractivity contribution in [3.05, 3.63) is 90.0 Å². The van der Waals surface area contributed by atoms with Gasteiger partial charge in [0.2, 0.25) is 0 Å². The van der Waals surface area contributed by atoms with Crippen LogP contribution in [0.2, 0.25) is 0 Å². The third kappa shape index (κ3) is 5.65. The van der Waals surface area contributed by atoms with E-state index in [1.54, 1.807) is 36.1 Å². The summed E-state index contributed by atoms with van der Waals surface area (Å²) in [5.41, 5.74) is 4.37. The highest BCUT2D eigenvalue weighted by atomic mass is 32.2. The quantitative estimate of drug-likeness (QED) is 0.219. The average Bonchev–Trinajstić information content (AvgIpc) is 3.24. The van der Waals surface area contributed by atoms with Crippen molar-refractivity contribution in [3.63, 3.8) is 0 Å². The molecule has 1 heterocycles. The molecule has 0 radical (unpaired) electrons. The molecule has 0 spiro atoms. The molecule has 1 amide bonds. The lowest BCUT2D eigenvalue weighted by Gasteiger charge is -2.11. The maximum Gasteiger partial charge on any atom is 0.266 e. The largest absolute Gasteiger partial charge is 0.375 e. The van der Waals surface area contributed by atoms with Gasteiger partial charge in [-0.05, 0) is 48.9 Å². The molecule has 3 aromatic rings. The standard InChI is InChI=1S/C21H22FN5O4S/c1-3-20(28)23-11-15-12-24-27(13-15)17-9-14(2)8-16(10-17)21(29)25-26-32(30,31)19-7-5-4-6-18(19)22/h3-10,12-13,20,23,26,28H,1,11H2,2H3,(H,25,29). The fraction of sp³-hybridized carbons (Fsp3) is 0.143. The lowest BCUT2D eigenvalue weighted by Crippen LogP contribution is -2.41. The zero-order chi connectivity index (χ0) is 23.3. The Kier molecular flexibility index (Phi) is 7.15. The van der Waals surface area contributed by atoms with Gasteiger partial charge in [0.25, 0.3) is 15.9 Å². The molecule has 0 fully saturated rings. The fourth-order valence-electron chi connectivity index (χ4n) is 2.83. The summed E-state index contributed by atoms with van der Waals surface area (Å²) in [5, 5.41) is 16.6. The second kappa shape index (κ2) is 9.83. The first-order chi connectivity index (χ1) is 15.2. The van der Waals surface area contributed by atoms with E-state index in [1.165, 1.54) is 24.3 Å². The van der Waals surface area contributed by atoms with Crippen LogP contribution in [0.1, 0.15) is 21.5 Å². The number of aromatic nitrogens is 2. The smallest absolute Gasteiger partial charge is 0.266 e. The first-order valence-corrected chi connectivity index (χ1v) is 10.9. The molecule has 0 aliphatic carbocycles. The molecule has 1 aromatic heterocycles. The highest BCUT2D eigenvalue weighted by Gasteiger charge is 2.20. The topological polar surface area (TPSA) is 125 Å². The van der Waals surface area contributed by atoms with Crippen molar-refractivity contribution in [1.29, 1.82) is 0 Å². The number of hydrogen-bond donors (Lipinski definition) is 4. The van der Waals surface area contributed by atoms with E-state index in [-0.39, 0.29) is 5.56 Å². The maximum absolute atomic E-state index is 13.8. The molecule has 0 bridgehead atoms. The van der Waals surface area contributed by atoms with Crippen molar-refractivity contribution in [1.82, 2.24) is 25.4 Å². The van der Waals surface area contributed by atoms with Crippen LogP contribution < -0.4 is 15.6 Å². The third-order valence-electron chi connectivity index (χ3n) is 4.39. The number of hydrogen-bond acceptors (Lipinski definition) is 6. The Labute approximate surface area is 184 Å². The molecule has 2 aromatic carbocycles. The van der Waals surface area contributed by atoms with Crippen LogP contribution in [0.15, 0.2) is 72.4 Å². The van der Waals surface area contributed by atoms with E-state index in [9.17, 15) is 22.7 Å². The van der Waals surface area contributed by atoms with Gasteiger partial charge in [-0.15, -0.1) is 4.83 Å². The predicted octanol–water partition coefficient (Wildman–Crippen LogP) is 1.54. The molecule has 168 valence electrons. The van der Waals surface area contributed by atoms with Crippen LogP contribution in [0, 0.1) is 12.7 Å². The molecule has 11 heteroatoms. The van der Waals surface area contributed by atoms with Crippen LogP contribution in [0.25, 0.3) is 5.69 Å². The molecular formula is C21H22FN5O4S. The molecule has 1 atom stereocenters. The fourth-order valence-corrected chi connectivity index (χ4v) is 3.75. The Morgan fingerprint density at radius 2 is 2.06 bits per heavy atom. The number of hydrazine groups is 1. The first kappa shape index (κ1) is 23.3. The molecule has 0 saturated carbocycles. The summed E-state index contributed by atoms with van der Waals surface area (Å²) in [4.78, 5) is 13.9. The van der Waals surface area contributed by atoms with Crippen LogP contribution in [0.5, 0.6) is 0 Å². The summed E-state index contributed by atoms with van der Waals surface area (Å²) in [5.74, 6) is -1.66. The van der Waals surface area contributed by atoms with Crippen LogP contribution in [0.3, 0.4) is 0 Å². The summed E-state index contributed by atoms with van der Waals surface area (Å²) in [6.07, 6.45) is 3.84. The van der Waals surface area contributed by atoms with Crippen molar-refractivity contribution in [2.45, 2.75) is 24.6 Å². The summed E-state index contributed by atoms with van der Waals surface area (Å²) in [6, 6.07) is 9.73. The number of aliphatic hydroxyl groups is 1. The van der Waals surface area contributed by atoms with E-state index >= 15 is 0 Å². The number of nitrogens with one attached hydrogen (secondary N) is 3. The Bertz CT molecular complexity index is 1240. The number of aryl methyl sites for hydroxylation is 1. The third-order valence-corrected chi connectivity index (χ3v) is 5.67. The monoisotopic (exact) mass is 459 g/mol. The van der Waals surface area contributed by atoms with Gasteiger partial charge in [-0.1, -0.05) is 18.7 Å². The Morgan fingerprint density at radius 3 is 2.78 bits per heavy atom. The predicted molar refractivity (Wildman–Crippen MR) is 116 cm³/mol. The van der Waals surface area contributed by atoms with Gasteiger partial charge in [-0.2, -0.15) is 5.10 Å². The first-order valence-electron chi connectivity index (χ1n) is 9.46. The summed E-state index contributed by atoms with van der Waals surface area (Å²) in [6.45, 7) is 5.61. The van der Waals surface area contributed by atoms with Crippen LogP contribution in [-0.4, -0.2) is 35.4 Å². The molecule has 0 aliphatic heterocycles. The lowest BCUT2D eigenvalue weighted by atomic mass is 10.1. The van der Waals surface area contributed by atoms with Crippen molar-refractivity contribution < 1.29 is 22.7 Å². The molecule has 0 saturated heterocycles. The maximum atomic E-state index is 13.8. The molecule has 3 rings (SSSR count). The van der Waals surface area contributed by atoms with Gasteiger partial charge in [-0.25, -0.2) is 17.5 Å². The van der Waals surface area contributed by atoms with Gasteiger partial charge >= 0.3 is 0 Å². The van der Waals surface area contributed by atoms with Crippen molar-refractivity contribution >= 4 is 15.9 Å². The molecule has 0 aliphatic rings. The second-order valence-corrected chi connectivity index (χ2v) is 8.55. The molecular weight excluding hydrogens is 437 g/mol. The number of carbonyl (C=O) groups is 1. The summed E-state index contributed by atoms with van der Waals surface area (Å²) >= 11 is 0. The Morgan fingerprint density at radius 1 is 1.31 bits per heavy atom. The van der Waals surface area contributed by atoms with E-state index in [1.807, 2.05) is 4.83 Å². The van der Waals surface area contributed by atoms with Gasteiger partial charge in [-0.3, -0.25) is 15.5 Å². The van der Waals surface area contributed by atoms with E-state index in [4.69, 9.17) is 0 Å². The van der Waals surface area contributed by atoms with Gasteiger partial charge in [0.1, 0.15) is 16.9 Å². The number of sulfonamides is 1. The van der Waals surface area contributed by atoms with Crippen LogP contribution >= 0.6 is 0 Å². The Balaban J connectivity index is 1.74. The van der Waals surface area contributed by atoms with Gasteiger partial charge in [0.05, 0.1) is 11.9 Å². The lowest BCUT2D eigenvalue weighted by molar-refractivity contribution is 0.0945. The number of carbonyl (C=O) groups excluding carboxylic acids is 1. The highest BCUT2D eigenvalue weighted by molar-refractivity contribution is 7.89. The number of rotatable bonds is 9. The van der Waals surface area contributed by atoms with Gasteiger partial charge in [0, 0.05) is 23.9 Å². The van der Waals surface area contributed by atoms with E-state index < -0.39 is 32.9 Å². The number of halogens is 1. The Hall–Kier alpha value is -3.38. The molecule has 4 N–H and O–H groups in total. The number of benzene rings is 2. The van der Waals surface area contributed by atoms with E-state index in [0.717, 1.165) is 23.3 Å². The van der Waals surface area contributed by atoms with Gasteiger partial charge in [0.15, 0.2) is 0 Å². The zero-order valence-electron chi connectivity index (χ0n) is 17.1. The molecule has 9 nitrogen and oxygen atoms in total. The summed E-state index contributed by atoms with van der Waals surface area (Å²) < 4.78 is 39.9. The highest BCUT2D eigenvalue weighted by Crippen LogP contribution is 2.16. The summed E-state index contributed by atoms with van der Waals surface area (Å²) in [7, 11) is -4.29. The van der Waals surface area contributed by atoms with Crippen molar-refractivity contribution in [2.24, 2.45) is 0 Å². The van der Waals surface area contributed by atoms with Gasteiger partial charge < -0.3 is 5.11 Å². The molecule has 32 heavy (non-hydrogen) atoms. The molecule has 1 unspecified atom stereocenters. The number of nitrogens with zero attached hydrogens (tertiary/aromatic N) is 2. The van der Waals surface area contributed by atoms with Crippen molar-refractivity contribution in [3.8, 4) is 5.69 Å². The number of amides is 1. The minimum atomic E-state index is -4.29. The van der Waals surface area contributed by atoms with Crippen LogP contribution in [-0.2, 0) is 16.6 Å². The number of aliphatic hydroxyl groups excluding tert-OH is 1. The van der Waals surface area contributed by atoms with Crippen LogP contribution in [0.4, 0.5) is 4.39 Å².